The van der Waals surface area contributed by atoms with Gasteiger partial charge < -0.3 is 14.8 Å². The van der Waals surface area contributed by atoms with Gasteiger partial charge in [-0.15, -0.1) is 0 Å². The van der Waals surface area contributed by atoms with Crippen molar-refractivity contribution in [2.24, 2.45) is 0 Å². The number of carbonyl (C=O) groups excluding carboxylic acids is 1. The third-order valence-corrected chi connectivity index (χ3v) is 2.23. The second kappa shape index (κ2) is 4.98. The molecule has 2 N–H and O–H groups in total. The second-order valence-electron chi connectivity index (χ2n) is 3.66. The minimum atomic E-state index is -0.575. The fourth-order valence-electron chi connectivity index (χ4n) is 1.52. The lowest BCUT2D eigenvalue weighted by atomic mass is 10.1. The minimum Gasteiger partial charge on any atom is -0.466 e. The van der Waals surface area contributed by atoms with Crippen LogP contribution in [0.3, 0.4) is 0 Å². The smallest absolute Gasteiger partial charge is 0.216 e. The molecule has 1 aromatic rings. The van der Waals surface area contributed by atoms with Gasteiger partial charge in [-0.2, -0.15) is 0 Å². The number of furan rings is 1. The Hall–Kier alpha value is -1.29. The molecule has 4 heteroatoms. The summed E-state index contributed by atoms with van der Waals surface area (Å²) in [6.45, 7) is 5.60. The Labute approximate surface area is 89.3 Å². The van der Waals surface area contributed by atoms with Gasteiger partial charge in [-0.05, 0) is 26.3 Å². The maximum Gasteiger partial charge on any atom is 0.216 e. The van der Waals surface area contributed by atoms with E-state index < -0.39 is 6.10 Å². The normalized spacial score (nSPS) is 12.5. The van der Waals surface area contributed by atoms with E-state index >= 15 is 0 Å². The summed E-state index contributed by atoms with van der Waals surface area (Å²) in [7, 11) is 0. The van der Waals surface area contributed by atoms with E-state index in [0.717, 1.165) is 17.1 Å². The molecule has 1 aromatic heterocycles. The molecule has 1 amide bonds. The highest BCUT2D eigenvalue weighted by Crippen LogP contribution is 2.23. The van der Waals surface area contributed by atoms with Gasteiger partial charge in [0.25, 0.3) is 0 Å². The summed E-state index contributed by atoms with van der Waals surface area (Å²) in [5.74, 6) is 1.45. The highest BCUT2D eigenvalue weighted by Gasteiger charge is 2.13. The van der Waals surface area contributed by atoms with Crippen molar-refractivity contribution in [3.05, 3.63) is 23.2 Å². The van der Waals surface area contributed by atoms with Crippen molar-refractivity contribution < 1.29 is 14.3 Å². The third kappa shape index (κ3) is 3.40. The van der Waals surface area contributed by atoms with Crippen LogP contribution in [0, 0.1) is 13.8 Å². The van der Waals surface area contributed by atoms with Crippen LogP contribution in [-0.4, -0.2) is 17.6 Å². The lowest BCUT2D eigenvalue weighted by Gasteiger charge is -2.09. The third-order valence-electron chi connectivity index (χ3n) is 2.23. The van der Waals surface area contributed by atoms with Crippen LogP contribution in [0.5, 0.6) is 0 Å². The first-order valence-electron chi connectivity index (χ1n) is 5.00. The fraction of sp³-hybridized carbons (Fsp3) is 0.545. The molecule has 0 fully saturated rings. The van der Waals surface area contributed by atoms with Gasteiger partial charge in [-0.25, -0.2) is 0 Å². The summed E-state index contributed by atoms with van der Waals surface area (Å²) in [5.41, 5.74) is 0.804. The minimum absolute atomic E-state index is 0.0812. The highest BCUT2D eigenvalue weighted by molar-refractivity contribution is 5.72. The van der Waals surface area contributed by atoms with E-state index in [2.05, 4.69) is 5.32 Å². The molecule has 0 bridgehead atoms. The summed E-state index contributed by atoms with van der Waals surface area (Å²) in [4.78, 5) is 10.6. The molecule has 0 spiro atoms. The number of carbonyl (C=O) groups is 1. The summed E-state index contributed by atoms with van der Waals surface area (Å²) in [6.07, 6.45) is -0.0753. The summed E-state index contributed by atoms with van der Waals surface area (Å²) in [6, 6.07) is 1.83. The van der Waals surface area contributed by atoms with Crippen LogP contribution in [0.4, 0.5) is 0 Å². The van der Waals surface area contributed by atoms with Gasteiger partial charge in [0.2, 0.25) is 5.91 Å². The summed E-state index contributed by atoms with van der Waals surface area (Å²) >= 11 is 0. The number of amides is 1. The predicted molar refractivity (Wildman–Crippen MR) is 56.4 cm³/mol. The molecular formula is C11H17NO3. The molecule has 1 atom stereocenters. The molecule has 1 unspecified atom stereocenters. The maximum absolute atomic E-state index is 10.6. The standard InChI is InChI=1S/C11H17NO3/c1-7-6-10(8(2)15-7)11(14)4-5-12-9(3)13/h6,11,14H,4-5H2,1-3H3,(H,12,13). The van der Waals surface area contributed by atoms with Crippen LogP contribution in [0.1, 0.15) is 36.5 Å². The molecule has 0 aliphatic rings. The summed E-state index contributed by atoms with van der Waals surface area (Å²) in [5, 5.41) is 12.5. The number of hydrogen-bond donors (Lipinski definition) is 2. The van der Waals surface area contributed by atoms with Crippen molar-refractivity contribution in [2.45, 2.75) is 33.3 Å². The SMILES string of the molecule is CC(=O)NCCC(O)c1cc(C)oc1C. The Kier molecular flexibility index (Phi) is 3.91. The van der Waals surface area contributed by atoms with Gasteiger partial charge in [0.05, 0.1) is 6.10 Å². The first kappa shape index (κ1) is 11.8. The fourth-order valence-corrected chi connectivity index (χ4v) is 1.52. The Morgan fingerprint density at radius 1 is 1.60 bits per heavy atom. The van der Waals surface area contributed by atoms with Crippen molar-refractivity contribution in [3.63, 3.8) is 0 Å². The number of hydrogen-bond acceptors (Lipinski definition) is 3. The molecule has 0 radical (unpaired) electrons. The average Bonchev–Trinajstić information content (AvgIpc) is 2.44. The zero-order chi connectivity index (χ0) is 11.4. The quantitative estimate of drug-likeness (QED) is 0.792. The van der Waals surface area contributed by atoms with Crippen LogP contribution in [-0.2, 0) is 4.79 Å². The van der Waals surface area contributed by atoms with Gasteiger partial charge in [-0.3, -0.25) is 4.79 Å². The van der Waals surface area contributed by atoms with E-state index in [-0.39, 0.29) is 5.91 Å². The zero-order valence-corrected chi connectivity index (χ0v) is 9.33. The zero-order valence-electron chi connectivity index (χ0n) is 9.33. The maximum atomic E-state index is 10.6. The lowest BCUT2D eigenvalue weighted by Crippen LogP contribution is -2.22. The molecule has 1 rings (SSSR count). The topological polar surface area (TPSA) is 62.5 Å². The van der Waals surface area contributed by atoms with Gasteiger partial charge >= 0.3 is 0 Å². The first-order chi connectivity index (χ1) is 7.00. The van der Waals surface area contributed by atoms with Gasteiger partial charge in [0, 0.05) is 19.0 Å². The number of aliphatic hydroxyl groups excluding tert-OH is 1. The van der Waals surface area contributed by atoms with Crippen molar-refractivity contribution >= 4 is 5.91 Å². The van der Waals surface area contributed by atoms with E-state index in [1.54, 1.807) is 0 Å². The number of rotatable bonds is 4. The Morgan fingerprint density at radius 2 is 2.27 bits per heavy atom. The van der Waals surface area contributed by atoms with E-state index in [9.17, 15) is 9.90 Å². The number of nitrogens with one attached hydrogen (secondary N) is 1. The largest absolute Gasteiger partial charge is 0.466 e. The lowest BCUT2D eigenvalue weighted by molar-refractivity contribution is -0.119. The predicted octanol–water partition coefficient (Wildman–Crippen LogP) is 1.46. The average molecular weight is 211 g/mol. The molecule has 0 saturated heterocycles. The molecule has 84 valence electrons. The molecule has 0 saturated carbocycles. The van der Waals surface area contributed by atoms with Gasteiger partial charge in [-0.1, -0.05) is 0 Å². The molecule has 0 aromatic carbocycles. The van der Waals surface area contributed by atoms with E-state index in [4.69, 9.17) is 4.42 Å². The van der Waals surface area contributed by atoms with Crippen LogP contribution >= 0.6 is 0 Å². The van der Waals surface area contributed by atoms with Crippen molar-refractivity contribution in [1.29, 1.82) is 0 Å². The van der Waals surface area contributed by atoms with Crippen LogP contribution < -0.4 is 5.32 Å². The Balaban J connectivity index is 2.50. The van der Waals surface area contributed by atoms with Gasteiger partial charge in [0.15, 0.2) is 0 Å². The first-order valence-corrected chi connectivity index (χ1v) is 5.00. The van der Waals surface area contributed by atoms with E-state index in [1.807, 2.05) is 19.9 Å². The molecular weight excluding hydrogens is 194 g/mol. The van der Waals surface area contributed by atoms with Crippen molar-refractivity contribution in [1.82, 2.24) is 5.32 Å². The molecule has 15 heavy (non-hydrogen) atoms. The second-order valence-corrected chi connectivity index (χ2v) is 3.66. The molecule has 1 heterocycles. The molecule has 0 aliphatic carbocycles. The highest BCUT2D eigenvalue weighted by atomic mass is 16.3. The van der Waals surface area contributed by atoms with Crippen molar-refractivity contribution in [3.8, 4) is 0 Å². The monoisotopic (exact) mass is 211 g/mol. The summed E-state index contributed by atoms with van der Waals surface area (Å²) < 4.78 is 5.32. The van der Waals surface area contributed by atoms with E-state index in [1.165, 1.54) is 6.92 Å². The van der Waals surface area contributed by atoms with Crippen LogP contribution in [0.25, 0.3) is 0 Å². The van der Waals surface area contributed by atoms with Crippen LogP contribution in [0.15, 0.2) is 10.5 Å². The Morgan fingerprint density at radius 3 is 2.73 bits per heavy atom. The van der Waals surface area contributed by atoms with Gasteiger partial charge in [0.1, 0.15) is 11.5 Å². The van der Waals surface area contributed by atoms with E-state index in [0.29, 0.717) is 13.0 Å². The van der Waals surface area contributed by atoms with Crippen molar-refractivity contribution in [2.75, 3.05) is 6.54 Å². The Bertz CT molecular complexity index is 344. The number of aliphatic hydroxyl groups is 1. The molecule has 0 aliphatic heterocycles. The molecule has 4 nitrogen and oxygen atoms in total. The van der Waals surface area contributed by atoms with Crippen LogP contribution in [0.2, 0.25) is 0 Å². The number of aryl methyl sites for hydroxylation is 2.